The lowest BCUT2D eigenvalue weighted by Gasteiger charge is -2.26. The second-order valence-corrected chi connectivity index (χ2v) is 5.74. The highest BCUT2D eigenvalue weighted by atomic mass is 16.4. The zero-order valence-electron chi connectivity index (χ0n) is 12.1. The summed E-state index contributed by atoms with van der Waals surface area (Å²) in [5.41, 5.74) is 0. The fraction of sp³-hybridized carbons (Fsp3) is 0.923. The van der Waals surface area contributed by atoms with Gasteiger partial charge in [0.05, 0.1) is 5.92 Å². The summed E-state index contributed by atoms with van der Waals surface area (Å²) in [5, 5.41) is 9.24. The average Bonchev–Trinajstić information content (AvgIpc) is 2.39. The number of rotatable bonds is 5. The summed E-state index contributed by atoms with van der Waals surface area (Å²) in [7, 11) is 6.15. The van der Waals surface area contributed by atoms with Crippen molar-refractivity contribution in [2.75, 3.05) is 53.9 Å². The molecule has 0 aliphatic carbocycles. The van der Waals surface area contributed by atoms with Crippen molar-refractivity contribution >= 4 is 5.97 Å². The SMILES string of the molecule is CC1CN(CCCN(C)C)CC(C(=O)O)CN1C. The monoisotopic (exact) mass is 257 g/mol. The molecule has 0 aromatic carbocycles. The average molecular weight is 257 g/mol. The Bertz CT molecular complexity index is 271. The van der Waals surface area contributed by atoms with Crippen LogP contribution in [0.1, 0.15) is 13.3 Å². The summed E-state index contributed by atoms with van der Waals surface area (Å²) in [6.45, 7) is 6.51. The van der Waals surface area contributed by atoms with Crippen LogP contribution in [-0.2, 0) is 4.79 Å². The molecular formula is C13H27N3O2. The van der Waals surface area contributed by atoms with Gasteiger partial charge in [-0.3, -0.25) is 4.79 Å². The first-order valence-corrected chi connectivity index (χ1v) is 6.70. The van der Waals surface area contributed by atoms with E-state index in [1.54, 1.807) is 0 Å². The van der Waals surface area contributed by atoms with Crippen molar-refractivity contribution in [3.8, 4) is 0 Å². The first-order valence-electron chi connectivity index (χ1n) is 6.70. The molecule has 2 unspecified atom stereocenters. The molecule has 1 saturated heterocycles. The van der Waals surface area contributed by atoms with Crippen molar-refractivity contribution in [2.24, 2.45) is 5.92 Å². The minimum atomic E-state index is -0.673. The van der Waals surface area contributed by atoms with Gasteiger partial charge in [-0.2, -0.15) is 0 Å². The number of hydrogen-bond donors (Lipinski definition) is 1. The summed E-state index contributed by atoms with van der Waals surface area (Å²) in [6.07, 6.45) is 1.09. The summed E-state index contributed by atoms with van der Waals surface area (Å²) >= 11 is 0. The predicted octanol–water partition coefficient (Wildman–Crippen LogP) is 0.275. The van der Waals surface area contributed by atoms with Crippen molar-refractivity contribution in [1.29, 1.82) is 0 Å². The van der Waals surface area contributed by atoms with Crippen LogP contribution in [0.4, 0.5) is 0 Å². The maximum atomic E-state index is 11.2. The molecule has 1 heterocycles. The highest BCUT2D eigenvalue weighted by Crippen LogP contribution is 2.13. The second-order valence-electron chi connectivity index (χ2n) is 5.74. The van der Waals surface area contributed by atoms with Crippen LogP contribution in [0, 0.1) is 5.92 Å². The van der Waals surface area contributed by atoms with E-state index in [-0.39, 0.29) is 5.92 Å². The van der Waals surface area contributed by atoms with E-state index in [4.69, 9.17) is 0 Å². The Balaban J connectivity index is 2.52. The van der Waals surface area contributed by atoms with Gasteiger partial charge in [0.25, 0.3) is 0 Å². The molecule has 0 amide bonds. The number of hydrogen-bond acceptors (Lipinski definition) is 4. The third-order valence-electron chi connectivity index (χ3n) is 3.69. The Morgan fingerprint density at radius 2 is 2.00 bits per heavy atom. The van der Waals surface area contributed by atoms with Gasteiger partial charge >= 0.3 is 5.97 Å². The van der Waals surface area contributed by atoms with Crippen LogP contribution in [0.15, 0.2) is 0 Å². The van der Waals surface area contributed by atoms with E-state index < -0.39 is 5.97 Å². The van der Waals surface area contributed by atoms with E-state index >= 15 is 0 Å². The molecule has 5 heteroatoms. The van der Waals surface area contributed by atoms with Crippen molar-refractivity contribution in [2.45, 2.75) is 19.4 Å². The van der Waals surface area contributed by atoms with Gasteiger partial charge in [0.1, 0.15) is 0 Å². The van der Waals surface area contributed by atoms with Gasteiger partial charge in [0.2, 0.25) is 0 Å². The summed E-state index contributed by atoms with van der Waals surface area (Å²) in [4.78, 5) is 17.9. The largest absolute Gasteiger partial charge is 0.481 e. The number of carbonyl (C=O) groups is 1. The molecule has 0 bridgehead atoms. The van der Waals surface area contributed by atoms with Crippen LogP contribution in [0.3, 0.4) is 0 Å². The smallest absolute Gasteiger partial charge is 0.309 e. The highest BCUT2D eigenvalue weighted by Gasteiger charge is 2.29. The Hall–Kier alpha value is -0.650. The van der Waals surface area contributed by atoms with Crippen molar-refractivity contribution in [3.05, 3.63) is 0 Å². The molecular weight excluding hydrogens is 230 g/mol. The molecule has 0 aromatic heterocycles. The van der Waals surface area contributed by atoms with E-state index in [1.807, 2.05) is 7.05 Å². The van der Waals surface area contributed by atoms with E-state index in [0.29, 0.717) is 19.1 Å². The number of carboxylic acid groups (broad SMARTS) is 1. The van der Waals surface area contributed by atoms with Crippen LogP contribution in [0.5, 0.6) is 0 Å². The van der Waals surface area contributed by atoms with Gasteiger partial charge in [0.15, 0.2) is 0 Å². The molecule has 1 rings (SSSR count). The second kappa shape index (κ2) is 7.07. The number of aliphatic carboxylic acids is 1. The molecule has 1 fully saturated rings. The lowest BCUT2D eigenvalue weighted by molar-refractivity contribution is -0.142. The molecule has 106 valence electrons. The van der Waals surface area contributed by atoms with Crippen LogP contribution in [0.2, 0.25) is 0 Å². The van der Waals surface area contributed by atoms with Gasteiger partial charge in [-0.15, -0.1) is 0 Å². The van der Waals surface area contributed by atoms with E-state index in [2.05, 4.69) is 35.7 Å². The molecule has 0 aromatic rings. The third kappa shape index (κ3) is 4.92. The minimum Gasteiger partial charge on any atom is -0.481 e. The zero-order valence-corrected chi connectivity index (χ0v) is 12.1. The van der Waals surface area contributed by atoms with Crippen molar-refractivity contribution < 1.29 is 9.90 Å². The molecule has 1 aliphatic rings. The van der Waals surface area contributed by atoms with Gasteiger partial charge < -0.3 is 19.8 Å². The molecule has 0 saturated carbocycles. The Morgan fingerprint density at radius 1 is 1.33 bits per heavy atom. The Morgan fingerprint density at radius 3 is 2.56 bits per heavy atom. The van der Waals surface area contributed by atoms with Gasteiger partial charge in [-0.25, -0.2) is 0 Å². The van der Waals surface area contributed by atoms with Gasteiger partial charge in [-0.05, 0) is 47.6 Å². The highest BCUT2D eigenvalue weighted by molar-refractivity contribution is 5.70. The Labute approximate surface area is 110 Å². The van der Waals surface area contributed by atoms with Crippen LogP contribution < -0.4 is 0 Å². The summed E-state index contributed by atoms with van der Waals surface area (Å²) in [5.74, 6) is -0.937. The number of likely N-dealkylation sites (N-methyl/N-ethyl adjacent to an activating group) is 1. The number of carboxylic acids is 1. The van der Waals surface area contributed by atoms with E-state index in [0.717, 1.165) is 26.1 Å². The van der Waals surface area contributed by atoms with Gasteiger partial charge in [0, 0.05) is 25.7 Å². The van der Waals surface area contributed by atoms with Crippen LogP contribution >= 0.6 is 0 Å². The molecule has 1 aliphatic heterocycles. The zero-order chi connectivity index (χ0) is 13.7. The standard InChI is InChI=1S/C13H27N3O2/c1-11-8-16(7-5-6-14(2)3)10-12(13(17)18)9-15(11)4/h11-12H,5-10H2,1-4H3,(H,17,18). The topological polar surface area (TPSA) is 47.0 Å². The summed E-state index contributed by atoms with van der Waals surface area (Å²) in [6, 6.07) is 0.425. The third-order valence-corrected chi connectivity index (χ3v) is 3.69. The predicted molar refractivity (Wildman–Crippen MR) is 72.8 cm³/mol. The molecule has 5 nitrogen and oxygen atoms in total. The first-order chi connectivity index (χ1) is 8.40. The molecule has 2 atom stereocenters. The lowest BCUT2D eigenvalue weighted by Crippen LogP contribution is -2.37. The fourth-order valence-corrected chi connectivity index (χ4v) is 2.43. The lowest BCUT2D eigenvalue weighted by atomic mass is 10.1. The normalized spacial score (nSPS) is 27.4. The molecule has 18 heavy (non-hydrogen) atoms. The quantitative estimate of drug-likeness (QED) is 0.766. The van der Waals surface area contributed by atoms with Crippen LogP contribution in [0.25, 0.3) is 0 Å². The maximum Gasteiger partial charge on any atom is 0.309 e. The van der Waals surface area contributed by atoms with Crippen molar-refractivity contribution in [1.82, 2.24) is 14.7 Å². The molecule has 0 spiro atoms. The van der Waals surface area contributed by atoms with Gasteiger partial charge in [-0.1, -0.05) is 0 Å². The molecule has 0 radical (unpaired) electrons. The van der Waals surface area contributed by atoms with E-state index in [1.165, 1.54) is 0 Å². The number of nitrogens with zero attached hydrogens (tertiary/aromatic N) is 3. The minimum absolute atomic E-state index is 0.265. The van der Waals surface area contributed by atoms with Crippen LogP contribution in [-0.4, -0.2) is 85.7 Å². The fourth-order valence-electron chi connectivity index (χ4n) is 2.43. The first kappa shape index (κ1) is 15.4. The summed E-state index contributed by atoms with van der Waals surface area (Å²) < 4.78 is 0. The maximum absolute atomic E-state index is 11.2. The Kier molecular flexibility index (Phi) is 6.05. The molecule has 1 N–H and O–H groups in total. The van der Waals surface area contributed by atoms with E-state index in [9.17, 15) is 9.90 Å². The van der Waals surface area contributed by atoms with Crippen molar-refractivity contribution in [3.63, 3.8) is 0 Å².